The van der Waals surface area contributed by atoms with E-state index in [2.05, 4.69) is 37.5 Å². The Bertz CT molecular complexity index is 454. The van der Waals surface area contributed by atoms with Gasteiger partial charge < -0.3 is 5.11 Å². The van der Waals surface area contributed by atoms with Crippen molar-refractivity contribution >= 4 is 0 Å². The molecule has 2 bridgehead atoms. The maximum atomic E-state index is 11.2. The normalized spacial score (nSPS) is 41.8. The van der Waals surface area contributed by atoms with Gasteiger partial charge in [0.25, 0.3) is 0 Å². The molecule has 2 saturated carbocycles. The first-order valence-corrected chi connectivity index (χ1v) is 8.80. The van der Waals surface area contributed by atoms with E-state index < -0.39 is 5.60 Å². The zero-order chi connectivity index (χ0) is 15.1. The molecule has 3 fully saturated rings. The predicted octanol–water partition coefficient (Wildman–Crippen LogP) is 3.44. The second-order valence-corrected chi connectivity index (χ2v) is 8.39. The van der Waals surface area contributed by atoms with Gasteiger partial charge in [0.2, 0.25) is 0 Å². The van der Waals surface area contributed by atoms with Crippen LogP contribution in [0.5, 0.6) is 0 Å². The number of nitrogens with zero attached hydrogens (tertiary/aromatic N) is 1. The third-order valence-corrected chi connectivity index (χ3v) is 7.30. The van der Waals surface area contributed by atoms with Crippen LogP contribution in [0.4, 0.5) is 0 Å². The molecule has 3 aliphatic rings. The summed E-state index contributed by atoms with van der Waals surface area (Å²) in [6, 6.07) is 0. The van der Waals surface area contributed by atoms with Crippen LogP contribution < -0.4 is 0 Å². The van der Waals surface area contributed by atoms with Crippen molar-refractivity contribution < 1.29 is 5.11 Å². The van der Waals surface area contributed by atoms with E-state index in [1.807, 2.05) is 0 Å². The molecule has 0 amide bonds. The molecule has 0 spiro atoms. The summed E-state index contributed by atoms with van der Waals surface area (Å²) in [5, 5.41) is 11.2. The zero-order valence-electron chi connectivity index (χ0n) is 14.0. The van der Waals surface area contributed by atoms with Crippen molar-refractivity contribution in [1.82, 2.24) is 4.90 Å². The van der Waals surface area contributed by atoms with Gasteiger partial charge in [-0.15, -0.1) is 0 Å². The molecule has 0 radical (unpaired) electrons. The zero-order valence-corrected chi connectivity index (χ0v) is 14.0. The Balaban J connectivity index is 1.61. The third-order valence-electron chi connectivity index (χ3n) is 7.30. The topological polar surface area (TPSA) is 23.5 Å². The molecule has 2 aliphatic carbocycles. The lowest BCUT2D eigenvalue weighted by molar-refractivity contribution is -0.0852. The van der Waals surface area contributed by atoms with Crippen LogP contribution in [0, 0.1) is 28.6 Å². The van der Waals surface area contributed by atoms with Crippen molar-refractivity contribution in [1.29, 1.82) is 0 Å². The summed E-state index contributed by atoms with van der Waals surface area (Å²) in [6.45, 7) is 10.3. The molecule has 2 nitrogen and oxygen atoms in total. The first-order chi connectivity index (χ1) is 9.89. The molecule has 0 aromatic carbocycles. The van der Waals surface area contributed by atoms with Crippen LogP contribution in [-0.4, -0.2) is 35.2 Å². The van der Waals surface area contributed by atoms with E-state index in [1.54, 1.807) is 0 Å². The van der Waals surface area contributed by atoms with Crippen molar-refractivity contribution in [2.45, 2.75) is 71.3 Å². The average molecular weight is 289 g/mol. The van der Waals surface area contributed by atoms with Crippen molar-refractivity contribution in [3.8, 4) is 11.8 Å². The monoisotopic (exact) mass is 289 g/mol. The van der Waals surface area contributed by atoms with Crippen LogP contribution in [0.1, 0.15) is 65.7 Å². The molecule has 1 aliphatic heterocycles. The maximum Gasteiger partial charge on any atom is 0.0817 e. The fraction of sp³-hybridized carbons (Fsp3) is 0.895. The molecule has 0 aromatic rings. The van der Waals surface area contributed by atoms with Gasteiger partial charge >= 0.3 is 0 Å². The standard InChI is InChI=1S/C19H31NO/c1-17(2)16-9-11-18(17,3)19(21,15-16)10-5-8-14-20-12-6-4-7-13-20/h16,21H,4,6-7,9-15H2,1-3H3/t16-,18-,19-/m0/s1. The van der Waals surface area contributed by atoms with Gasteiger partial charge in [0, 0.05) is 11.8 Å². The molecular formula is C19H31NO. The highest BCUT2D eigenvalue weighted by atomic mass is 16.3. The van der Waals surface area contributed by atoms with Gasteiger partial charge in [-0.25, -0.2) is 0 Å². The van der Waals surface area contributed by atoms with E-state index in [0.29, 0.717) is 12.3 Å². The van der Waals surface area contributed by atoms with Crippen molar-refractivity contribution in [3.05, 3.63) is 0 Å². The molecule has 1 N–H and O–H groups in total. The van der Waals surface area contributed by atoms with Crippen molar-refractivity contribution in [2.24, 2.45) is 16.7 Å². The Morgan fingerprint density at radius 3 is 2.38 bits per heavy atom. The number of likely N-dealkylation sites (tertiary alicyclic amines) is 1. The van der Waals surface area contributed by atoms with Crippen LogP contribution >= 0.6 is 0 Å². The number of rotatable bonds is 2. The first kappa shape index (κ1) is 15.4. The van der Waals surface area contributed by atoms with Gasteiger partial charge in [0.05, 0.1) is 12.1 Å². The highest BCUT2D eigenvalue weighted by molar-refractivity contribution is 5.21. The maximum absolute atomic E-state index is 11.2. The van der Waals surface area contributed by atoms with Crippen molar-refractivity contribution in [2.75, 3.05) is 19.6 Å². The summed E-state index contributed by atoms with van der Waals surface area (Å²) in [5.74, 6) is 7.33. The average Bonchev–Trinajstić information content (AvgIpc) is 2.77. The Labute approximate surface area is 130 Å². The summed E-state index contributed by atoms with van der Waals surface area (Å²) < 4.78 is 0. The summed E-state index contributed by atoms with van der Waals surface area (Å²) >= 11 is 0. The minimum absolute atomic E-state index is 0.0461. The lowest BCUT2D eigenvalue weighted by Gasteiger charge is -2.44. The Kier molecular flexibility index (Phi) is 3.87. The molecule has 3 rings (SSSR count). The quantitative estimate of drug-likeness (QED) is 0.787. The third kappa shape index (κ3) is 2.34. The van der Waals surface area contributed by atoms with E-state index in [-0.39, 0.29) is 10.8 Å². The summed E-state index contributed by atoms with van der Waals surface area (Å²) in [7, 11) is 0. The molecule has 3 atom stereocenters. The van der Waals surface area contributed by atoms with Crippen LogP contribution in [0.3, 0.4) is 0 Å². The molecule has 2 heteroatoms. The smallest absolute Gasteiger partial charge is 0.0817 e. The Morgan fingerprint density at radius 2 is 1.81 bits per heavy atom. The summed E-state index contributed by atoms with van der Waals surface area (Å²) in [4.78, 5) is 2.45. The summed E-state index contributed by atoms with van der Waals surface area (Å²) in [6.07, 6.45) is 8.08. The minimum atomic E-state index is -0.561. The molecule has 21 heavy (non-hydrogen) atoms. The summed E-state index contributed by atoms with van der Waals surface area (Å²) in [5.41, 5.74) is -0.255. The molecule has 1 saturated heterocycles. The van der Waals surface area contributed by atoms with E-state index in [1.165, 1.54) is 38.8 Å². The fourth-order valence-electron chi connectivity index (χ4n) is 5.18. The van der Waals surface area contributed by atoms with Crippen LogP contribution in [0.25, 0.3) is 0 Å². The number of aliphatic hydroxyl groups is 1. The number of hydrogen-bond acceptors (Lipinski definition) is 2. The van der Waals surface area contributed by atoms with Gasteiger partial charge in [0.15, 0.2) is 0 Å². The number of hydrogen-bond donors (Lipinski definition) is 1. The lowest BCUT2D eigenvalue weighted by atomic mass is 9.63. The highest BCUT2D eigenvalue weighted by Crippen LogP contribution is 2.70. The van der Waals surface area contributed by atoms with Crippen LogP contribution in [-0.2, 0) is 0 Å². The van der Waals surface area contributed by atoms with E-state index in [0.717, 1.165) is 19.4 Å². The van der Waals surface area contributed by atoms with Crippen LogP contribution in [0.2, 0.25) is 0 Å². The molecule has 118 valence electrons. The largest absolute Gasteiger partial charge is 0.388 e. The Hall–Kier alpha value is -0.520. The first-order valence-electron chi connectivity index (χ1n) is 8.80. The second kappa shape index (κ2) is 5.28. The van der Waals surface area contributed by atoms with Crippen LogP contribution in [0.15, 0.2) is 0 Å². The minimum Gasteiger partial charge on any atom is -0.388 e. The van der Waals surface area contributed by atoms with Gasteiger partial charge in [-0.2, -0.15) is 0 Å². The van der Waals surface area contributed by atoms with Gasteiger partial charge in [0.1, 0.15) is 0 Å². The van der Waals surface area contributed by atoms with Gasteiger partial charge in [-0.1, -0.05) is 39.0 Å². The fourth-order valence-corrected chi connectivity index (χ4v) is 5.18. The highest BCUT2D eigenvalue weighted by Gasteiger charge is 2.67. The molecule has 0 aromatic heterocycles. The Morgan fingerprint density at radius 1 is 1.10 bits per heavy atom. The second-order valence-electron chi connectivity index (χ2n) is 8.39. The van der Waals surface area contributed by atoms with E-state index in [9.17, 15) is 5.11 Å². The van der Waals surface area contributed by atoms with Crippen molar-refractivity contribution in [3.63, 3.8) is 0 Å². The van der Waals surface area contributed by atoms with Gasteiger partial charge in [-0.05, 0) is 56.5 Å². The van der Waals surface area contributed by atoms with Gasteiger partial charge in [-0.3, -0.25) is 4.90 Å². The lowest BCUT2D eigenvalue weighted by Crippen LogP contribution is -2.46. The molecular weight excluding hydrogens is 258 g/mol. The van der Waals surface area contributed by atoms with E-state index >= 15 is 0 Å². The van der Waals surface area contributed by atoms with E-state index in [4.69, 9.17) is 0 Å². The predicted molar refractivity (Wildman–Crippen MR) is 86.9 cm³/mol. The molecule has 1 heterocycles. The number of piperidine rings is 1. The SMILES string of the molecule is CC1(C)[C@H]2CC[C@]1(C)[C@](O)(CC#CCN1CCCCC1)C2. The molecule has 0 unspecified atom stereocenters. The number of fused-ring (bicyclic) bond motifs is 2.